The number of nitrogens with one attached hydrogen (secondary N) is 1. The van der Waals surface area contributed by atoms with E-state index in [-0.39, 0.29) is 5.91 Å². The molecule has 1 aromatic heterocycles. The molecule has 1 aliphatic heterocycles. The normalized spacial score (nSPS) is 18.1. The number of hydrogen-bond donors (Lipinski definition) is 1. The fourth-order valence-corrected chi connectivity index (χ4v) is 1.78. The average Bonchev–Trinajstić information content (AvgIpc) is 2.65. The van der Waals surface area contributed by atoms with Gasteiger partial charge in [0.05, 0.1) is 33.2 Å². The van der Waals surface area contributed by atoms with Gasteiger partial charge in [0.15, 0.2) is 0 Å². The van der Waals surface area contributed by atoms with Crippen LogP contribution in [0.2, 0.25) is 0 Å². The Balaban J connectivity index is 2.02. The van der Waals surface area contributed by atoms with E-state index in [1.165, 1.54) is 4.90 Å². The topological polar surface area (TPSA) is 42.6 Å². The van der Waals surface area contributed by atoms with Crippen molar-refractivity contribution in [1.29, 1.82) is 0 Å². The van der Waals surface area contributed by atoms with Crippen molar-refractivity contribution < 1.29 is 9.69 Å². The maximum absolute atomic E-state index is 12.0. The van der Waals surface area contributed by atoms with Gasteiger partial charge in [-0.3, -0.25) is 9.48 Å². The van der Waals surface area contributed by atoms with E-state index in [4.69, 9.17) is 0 Å². The number of hydrogen-bond acceptors (Lipinski definition) is 2. The lowest BCUT2D eigenvalue weighted by Gasteiger charge is -2.29. The largest absolute Gasteiger partial charge is 0.334 e. The first-order chi connectivity index (χ1) is 7.16. The van der Waals surface area contributed by atoms with Crippen LogP contribution >= 0.6 is 0 Å². The number of aryl methyl sites for hydroxylation is 1. The first-order valence-electron chi connectivity index (χ1n) is 5.27. The molecule has 15 heavy (non-hydrogen) atoms. The highest BCUT2D eigenvalue weighted by atomic mass is 16.2. The van der Waals surface area contributed by atoms with Crippen LogP contribution in [0.3, 0.4) is 0 Å². The Labute approximate surface area is 89.3 Å². The number of carbonyl (C=O) groups is 1. The van der Waals surface area contributed by atoms with E-state index in [2.05, 4.69) is 12.1 Å². The maximum atomic E-state index is 12.0. The first kappa shape index (κ1) is 10.2. The van der Waals surface area contributed by atoms with Crippen LogP contribution in [0.5, 0.6) is 0 Å². The van der Waals surface area contributed by atoms with E-state index in [9.17, 15) is 4.79 Å². The zero-order chi connectivity index (χ0) is 10.8. The van der Waals surface area contributed by atoms with Crippen LogP contribution in [-0.4, -0.2) is 53.8 Å². The summed E-state index contributed by atoms with van der Waals surface area (Å²) in [7, 11) is 3.98. The summed E-state index contributed by atoms with van der Waals surface area (Å²) in [5, 5.41) is 4.12. The standard InChI is InChI=1S/C10H16N4O/c1-12-5-7-14(8-6-12)10(15)9-3-4-13(2)11-9/h3-4H,5-8H2,1-2H3/p+1. The first-order valence-corrected chi connectivity index (χ1v) is 5.27. The number of aromatic nitrogens is 2. The maximum Gasteiger partial charge on any atom is 0.274 e. The van der Waals surface area contributed by atoms with Gasteiger partial charge in [0, 0.05) is 13.2 Å². The Kier molecular flexibility index (Phi) is 2.73. The minimum atomic E-state index is 0.0584. The van der Waals surface area contributed by atoms with Crippen LogP contribution in [0.4, 0.5) is 0 Å². The van der Waals surface area contributed by atoms with Gasteiger partial charge in [-0.15, -0.1) is 0 Å². The number of quaternary nitrogens is 1. The van der Waals surface area contributed by atoms with Gasteiger partial charge in [0.25, 0.3) is 5.91 Å². The number of rotatable bonds is 1. The second-order valence-electron chi connectivity index (χ2n) is 4.12. The molecule has 0 saturated carbocycles. The van der Waals surface area contributed by atoms with Crippen molar-refractivity contribution in [3.8, 4) is 0 Å². The fourth-order valence-electron chi connectivity index (χ4n) is 1.78. The fraction of sp³-hybridized carbons (Fsp3) is 0.600. The molecule has 0 aromatic carbocycles. The molecular weight excluding hydrogens is 192 g/mol. The van der Waals surface area contributed by atoms with Gasteiger partial charge in [-0.25, -0.2) is 0 Å². The highest BCUT2D eigenvalue weighted by molar-refractivity contribution is 5.92. The van der Waals surface area contributed by atoms with E-state index in [0.29, 0.717) is 5.69 Å². The number of nitrogens with zero attached hydrogens (tertiary/aromatic N) is 3. The summed E-state index contributed by atoms with van der Waals surface area (Å²) < 4.78 is 1.66. The molecule has 0 bridgehead atoms. The summed E-state index contributed by atoms with van der Waals surface area (Å²) in [6.07, 6.45) is 1.80. The zero-order valence-electron chi connectivity index (χ0n) is 9.23. The molecule has 82 valence electrons. The van der Waals surface area contributed by atoms with Crippen LogP contribution in [0.25, 0.3) is 0 Å². The molecule has 0 unspecified atom stereocenters. The number of amides is 1. The van der Waals surface area contributed by atoms with E-state index >= 15 is 0 Å². The summed E-state index contributed by atoms with van der Waals surface area (Å²) in [6.45, 7) is 3.72. The minimum Gasteiger partial charge on any atom is -0.334 e. The Hall–Kier alpha value is -1.36. The van der Waals surface area contributed by atoms with Crippen molar-refractivity contribution in [1.82, 2.24) is 14.7 Å². The molecule has 0 radical (unpaired) electrons. The quantitative estimate of drug-likeness (QED) is 0.605. The summed E-state index contributed by atoms with van der Waals surface area (Å²) in [5.74, 6) is 0.0584. The second-order valence-corrected chi connectivity index (χ2v) is 4.12. The molecule has 1 aromatic rings. The predicted octanol–water partition coefficient (Wildman–Crippen LogP) is -1.61. The number of piperazine rings is 1. The van der Waals surface area contributed by atoms with Crippen molar-refractivity contribution >= 4 is 5.91 Å². The molecule has 2 rings (SSSR count). The van der Waals surface area contributed by atoms with Crippen molar-refractivity contribution in [2.45, 2.75) is 0 Å². The smallest absolute Gasteiger partial charge is 0.274 e. The van der Waals surface area contributed by atoms with Gasteiger partial charge in [0.2, 0.25) is 0 Å². The highest BCUT2D eigenvalue weighted by Gasteiger charge is 2.23. The number of likely N-dealkylation sites (N-methyl/N-ethyl adjacent to an activating group) is 1. The average molecular weight is 209 g/mol. The van der Waals surface area contributed by atoms with Gasteiger partial charge in [-0.1, -0.05) is 0 Å². The van der Waals surface area contributed by atoms with E-state index in [1.807, 2.05) is 11.9 Å². The highest BCUT2D eigenvalue weighted by Crippen LogP contribution is 2.01. The van der Waals surface area contributed by atoms with Crippen LogP contribution in [0.15, 0.2) is 12.3 Å². The summed E-state index contributed by atoms with van der Waals surface area (Å²) in [5.41, 5.74) is 0.553. The van der Waals surface area contributed by atoms with Crippen molar-refractivity contribution in [2.75, 3.05) is 33.2 Å². The Bertz CT molecular complexity index is 352. The Morgan fingerprint density at radius 1 is 1.47 bits per heavy atom. The lowest BCUT2D eigenvalue weighted by Crippen LogP contribution is -3.12. The Morgan fingerprint density at radius 3 is 2.67 bits per heavy atom. The Morgan fingerprint density at radius 2 is 2.13 bits per heavy atom. The molecule has 0 spiro atoms. The zero-order valence-corrected chi connectivity index (χ0v) is 9.23. The van der Waals surface area contributed by atoms with Crippen molar-refractivity contribution in [2.24, 2.45) is 7.05 Å². The molecule has 1 saturated heterocycles. The predicted molar refractivity (Wildman–Crippen MR) is 55.7 cm³/mol. The van der Waals surface area contributed by atoms with Crippen LogP contribution in [0, 0.1) is 0 Å². The van der Waals surface area contributed by atoms with Crippen molar-refractivity contribution in [3.63, 3.8) is 0 Å². The van der Waals surface area contributed by atoms with Gasteiger partial charge in [-0.2, -0.15) is 5.10 Å². The van der Waals surface area contributed by atoms with Crippen LogP contribution < -0.4 is 4.90 Å². The molecule has 1 fully saturated rings. The van der Waals surface area contributed by atoms with Crippen LogP contribution in [-0.2, 0) is 7.05 Å². The summed E-state index contributed by atoms with van der Waals surface area (Å²) >= 11 is 0. The van der Waals surface area contributed by atoms with Crippen molar-refractivity contribution in [3.05, 3.63) is 18.0 Å². The third-order valence-electron chi connectivity index (χ3n) is 2.84. The van der Waals surface area contributed by atoms with Crippen LogP contribution in [0.1, 0.15) is 10.5 Å². The molecule has 1 N–H and O–H groups in total. The summed E-state index contributed by atoms with van der Waals surface area (Å²) in [4.78, 5) is 15.3. The molecule has 0 atom stereocenters. The minimum absolute atomic E-state index is 0.0584. The van der Waals surface area contributed by atoms with Gasteiger partial charge in [0.1, 0.15) is 5.69 Å². The third-order valence-corrected chi connectivity index (χ3v) is 2.84. The molecule has 5 nitrogen and oxygen atoms in total. The van der Waals surface area contributed by atoms with Gasteiger partial charge < -0.3 is 9.80 Å². The van der Waals surface area contributed by atoms with Gasteiger partial charge in [-0.05, 0) is 6.07 Å². The third kappa shape index (κ3) is 2.18. The summed E-state index contributed by atoms with van der Waals surface area (Å²) in [6, 6.07) is 1.77. The molecule has 2 heterocycles. The van der Waals surface area contributed by atoms with E-state index < -0.39 is 0 Å². The van der Waals surface area contributed by atoms with E-state index in [1.54, 1.807) is 16.9 Å². The monoisotopic (exact) mass is 209 g/mol. The van der Waals surface area contributed by atoms with E-state index in [0.717, 1.165) is 26.2 Å². The lowest BCUT2D eigenvalue weighted by molar-refractivity contribution is -0.883. The van der Waals surface area contributed by atoms with Gasteiger partial charge >= 0.3 is 0 Å². The SMILES string of the molecule is Cn1ccc(C(=O)N2CC[NH+](C)CC2)n1. The molecule has 0 aliphatic carbocycles. The molecule has 5 heteroatoms. The molecule has 1 aliphatic rings. The molecule has 1 amide bonds. The molecular formula is C10H17N4O+. The number of carbonyl (C=O) groups excluding carboxylic acids is 1. The second kappa shape index (κ2) is 4.02. The lowest BCUT2D eigenvalue weighted by atomic mass is 10.3.